The van der Waals surface area contributed by atoms with Gasteiger partial charge >= 0.3 is 6.03 Å². The Morgan fingerprint density at radius 3 is 2.48 bits per heavy atom. The van der Waals surface area contributed by atoms with E-state index in [1.807, 2.05) is 35.1 Å². The Morgan fingerprint density at radius 1 is 1.14 bits per heavy atom. The maximum Gasteiger partial charge on any atom is 0.329 e. The van der Waals surface area contributed by atoms with Crippen LogP contribution in [0, 0.1) is 0 Å². The van der Waals surface area contributed by atoms with Crippen LogP contribution in [0.4, 0.5) is 4.79 Å². The Kier molecular flexibility index (Phi) is 4.54. The van der Waals surface area contributed by atoms with Crippen molar-refractivity contribution in [1.82, 2.24) is 15.0 Å². The number of pyridine rings is 1. The minimum Gasteiger partial charge on any atom is -0.331 e. The monoisotopic (exact) mass is 305 g/mol. The van der Waals surface area contributed by atoms with E-state index in [0.29, 0.717) is 0 Å². The molecule has 2 aromatic rings. The summed E-state index contributed by atoms with van der Waals surface area (Å²) in [6.07, 6.45) is 2.63. The van der Waals surface area contributed by atoms with Crippen LogP contribution in [0.15, 0.2) is 59.8 Å². The van der Waals surface area contributed by atoms with E-state index in [0.717, 1.165) is 5.56 Å². The normalized spacial score (nSPS) is 12.4. The van der Waals surface area contributed by atoms with Crippen molar-refractivity contribution in [3.63, 3.8) is 0 Å². The smallest absolute Gasteiger partial charge is 0.329 e. The second-order valence-corrected chi connectivity index (χ2v) is 6.08. The molecule has 0 saturated carbocycles. The molecular weight excluding hydrogens is 290 g/mol. The van der Waals surface area contributed by atoms with Crippen LogP contribution >= 0.6 is 0 Å². The molecule has 0 aliphatic heterocycles. The molecule has 6 nitrogen and oxygen atoms in total. The molecule has 1 heterocycles. The maximum atomic E-state index is 11.9. The van der Waals surface area contributed by atoms with Crippen LogP contribution in [0.25, 0.3) is 0 Å². The molecule has 1 aromatic carbocycles. The van der Waals surface area contributed by atoms with Gasteiger partial charge in [-0.25, -0.2) is 17.9 Å². The number of aromatic nitrogens is 1. The SMILES string of the molecule is CC(NC(=O)NS(=O)(=O)c1cccnc1)c1ccccc1. The van der Waals surface area contributed by atoms with E-state index < -0.39 is 16.1 Å². The van der Waals surface area contributed by atoms with E-state index in [-0.39, 0.29) is 10.9 Å². The fraction of sp³-hybridized carbons (Fsp3) is 0.143. The van der Waals surface area contributed by atoms with E-state index in [2.05, 4.69) is 10.3 Å². The van der Waals surface area contributed by atoms with Crippen LogP contribution in [0.5, 0.6) is 0 Å². The molecule has 2 N–H and O–H groups in total. The first-order valence-electron chi connectivity index (χ1n) is 6.27. The summed E-state index contributed by atoms with van der Waals surface area (Å²) in [5.41, 5.74) is 0.881. The van der Waals surface area contributed by atoms with Crippen molar-refractivity contribution in [1.29, 1.82) is 0 Å². The molecule has 0 aliphatic carbocycles. The Morgan fingerprint density at radius 2 is 1.86 bits per heavy atom. The van der Waals surface area contributed by atoms with E-state index >= 15 is 0 Å². The van der Waals surface area contributed by atoms with Crippen LogP contribution < -0.4 is 10.0 Å². The van der Waals surface area contributed by atoms with Crippen LogP contribution in [0.3, 0.4) is 0 Å². The predicted molar refractivity (Wildman–Crippen MR) is 77.9 cm³/mol. The number of amides is 2. The van der Waals surface area contributed by atoms with Crippen molar-refractivity contribution in [2.45, 2.75) is 17.9 Å². The van der Waals surface area contributed by atoms with Crippen LogP contribution in [0.2, 0.25) is 0 Å². The summed E-state index contributed by atoms with van der Waals surface area (Å²) in [6.45, 7) is 1.77. The molecule has 1 unspecified atom stereocenters. The Balaban J connectivity index is 2.02. The quantitative estimate of drug-likeness (QED) is 0.902. The lowest BCUT2D eigenvalue weighted by atomic mass is 10.1. The number of nitrogens with zero attached hydrogens (tertiary/aromatic N) is 1. The van der Waals surface area contributed by atoms with E-state index in [4.69, 9.17) is 0 Å². The molecule has 0 aliphatic rings. The lowest BCUT2D eigenvalue weighted by Gasteiger charge is -2.15. The third kappa shape index (κ3) is 4.03. The number of carbonyl (C=O) groups is 1. The predicted octanol–water partition coefficient (Wildman–Crippen LogP) is 1.83. The zero-order chi connectivity index (χ0) is 15.3. The van der Waals surface area contributed by atoms with Gasteiger partial charge in [0.15, 0.2) is 0 Å². The summed E-state index contributed by atoms with van der Waals surface area (Å²) in [7, 11) is -3.91. The minimum absolute atomic E-state index is 0.0625. The summed E-state index contributed by atoms with van der Waals surface area (Å²) in [6, 6.07) is 11.0. The fourth-order valence-corrected chi connectivity index (χ4v) is 2.62. The average Bonchev–Trinajstić information content (AvgIpc) is 2.48. The van der Waals surface area contributed by atoms with Gasteiger partial charge in [0.1, 0.15) is 4.90 Å². The fourth-order valence-electron chi connectivity index (χ4n) is 1.74. The zero-order valence-electron chi connectivity index (χ0n) is 11.4. The molecule has 7 heteroatoms. The number of nitrogens with one attached hydrogen (secondary N) is 2. The largest absolute Gasteiger partial charge is 0.331 e. The highest BCUT2D eigenvalue weighted by Gasteiger charge is 2.18. The second kappa shape index (κ2) is 6.36. The molecular formula is C14H15N3O3S. The van der Waals surface area contributed by atoms with Crippen LogP contribution in [-0.2, 0) is 10.0 Å². The molecule has 0 radical (unpaired) electrons. The van der Waals surface area contributed by atoms with Gasteiger partial charge in [0, 0.05) is 12.4 Å². The number of urea groups is 1. The molecule has 110 valence electrons. The van der Waals surface area contributed by atoms with Gasteiger partial charge in [-0.2, -0.15) is 0 Å². The van der Waals surface area contributed by atoms with Crippen LogP contribution in [-0.4, -0.2) is 19.4 Å². The van der Waals surface area contributed by atoms with E-state index in [9.17, 15) is 13.2 Å². The molecule has 1 atom stereocenters. The number of carbonyl (C=O) groups excluding carboxylic acids is 1. The molecule has 0 spiro atoms. The molecule has 0 fully saturated rings. The lowest BCUT2D eigenvalue weighted by Crippen LogP contribution is -2.40. The van der Waals surface area contributed by atoms with Gasteiger partial charge < -0.3 is 5.32 Å². The number of benzene rings is 1. The first-order chi connectivity index (χ1) is 9.99. The van der Waals surface area contributed by atoms with E-state index in [1.54, 1.807) is 6.92 Å². The molecule has 0 saturated heterocycles. The van der Waals surface area contributed by atoms with Crippen molar-refractivity contribution >= 4 is 16.1 Å². The molecule has 0 bridgehead atoms. The Bertz CT molecular complexity index is 703. The standard InChI is InChI=1S/C14H15N3O3S/c1-11(12-6-3-2-4-7-12)16-14(18)17-21(19,20)13-8-5-9-15-10-13/h2-11H,1H3,(H2,16,17,18). The van der Waals surface area contributed by atoms with E-state index in [1.165, 1.54) is 24.5 Å². The topological polar surface area (TPSA) is 88.2 Å². The first kappa shape index (κ1) is 15.0. The molecule has 1 aromatic heterocycles. The van der Waals surface area contributed by atoms with Crippen molar-refractivity contribution in [2.75, 3.05) is 0 Å². The summed E-state index contributed by atoms with van der Waals surface area (Å²) in [5.74, 6) is 0. The van der Waals surface area contributed by atoms with Crippen molar-refractivity contribution in [3.8, 4) is 0 Å². The highest BCUT2D eigenvalue weighted by Crippen LogP contribution is 2.11. The lowest BCUT2D eigenvalue weighted by molar-refractivity contribution is 0.243. The van der Waals surface area contributed by atoms with Gasteiger partial charge in [-0.15, -0.1) is 0 Å². The van der Waals surface area contributed by atoms with Gasteiger partial charge in [0.25, 0.3) is 10.0 Å². The number of hydrogen-bond acceptors (Lipinski definition) is 4. The zero-order valence-corrected chi connectivity index (χ0v) is 12.2. The third-order valence-electron chi connectivity index (χ3n) is 2.82. The summed E-state index contributed by atoms with van der Waals surface area (Å²) in [5, 5.41) is 2.57. The molecule has 2 rings (SSSR count). The molecule has 21 heavy (non-hydrogen) atoms. The first-order valence-corrected chi connectivity index (χ1v) is 7.75. The van der Waals surface area contributed by atoms with Gasteiger partial charge in [-0.1, -0.05) is 30.3 Å². The van der Waals surface area contributed by atoms with Gasteiger partial charge in [-0.3, -0.25) is 4.98 Å². The van der Waals surface area contributed by atoms with Crippen molar-refractivity contribution in [3.05, 3.63) is 60.4 Å². The van der Waals surface area contributed by atoms with Gasteiger partial charge in [0.05, 0.1) is 6.04 Å². The summed E-state index contributed by atoms with van der Waals surface area (Å²) in [4.78, 5) is 15.4. The number of rotatable bonds is 4. The summed E-state index contributed by atoms with van der Waals surface area (Å²) >= 11 is 0. The van der Waals surface area contributed by atoms with Gasteiger partial charge in [0.2, 0.25) is 0 Å². The second-order valence-electron chi connectivity index (χ2n) is 4.40. The number of hydrogen-bond donors (Lipinski definition) is 2. The molecule has 2 amide bonds. The van der Waals surface area contributed by atoms with Crippen molar-refractivity contribution < 1.29 is 13.2 Å². The van der Waals surface area contributed by atoms with Crippen molar-refractivity contribution in [2.24, 2.45) is 0 Å². The third-order valence-corrected chi connectivity index (χ3v) is 4.14. The van der Waals surface area contributed by atoms with Gasteiger partial charge in [-0.05, 0) is 24.6 Å². The average molecular weight is 305 g/mol. The highest BCUT2D eigenvalue weighted by molar-refractivity contribution is 7.90. The summed E-state index contributed by atoms with van der Waals surface area (Å²) < 4.78 is 25.9. The van der Waals surface area contributed by atoms with Crippen LogP contribution in [0.1, 0.15) is 18.5 Å². The maximum absolute atomic E-state index is 11.9. The number of sulfonamides is 1. The highest BCUT2D eigenvalue weighted by atomic mass is 32.2. The Hall–Kier alpha value is -2.41. The Labute approximate surface area is 123 Å². The minimum atomic E-state index is -3.91.